The summed E-state index contributed by atoms with van der Waals surface area (Å²) in [6.45, 7) is 4.83. The molecule has 3 N–H and O–H groups in total. The number of carbonyl (C=O) groups excluding carboxylic acids is 1. The second kappa shape index (κ2) is 27.8. The Morgan fingerprint density at radius 1 is 0.698 bits per heavy atom. The molecule has 0 fully saturated rings. The summed E-state index contributed by atoms with van der Waals surface area (Å²) < 4.78 is 23.4. The SMILES string of the molecule is CCCCCCCCCCCCCCC[C@@H](O)[C@H](COP(=O)(O)OCC[N+](C)(C)C)NC(=O)CCCCCCCCCC. The van der Waals surface area contributed by atoms with Crippen molar-refractivity contribution >= 4 is 13.7 Å². The van der Waals surface area contributed by atoms with Gasteiger partial charge in [0.05, 0.1) is 39.9 Å². The second-order valence-electron chi connectivity index (χ2n) is 13.6. The highest BCUT2D eigenvalue weighted by Gasteiger charge is 2.28. The van der Waals surface area contributed by atoms with E-state index in [1.165, 1.54) is 96.3 Å². The summed E-state index contributed by atoms with van der Waals surface area (Å²) in [6, 6.07) is -0.749. The van der Waals surface area contributed by atoms with Crippen LogP contribution in [0.4, 0.5) is 0 Å². The minimum absolute atomic E-state index is 0.0776. The molecule has 0 rings (SSSR count). The molecule has 0 saturated heterocycles. The zero-order valence-electron chi connectivity index (χ0n) is 29.0. The van der Waals surface area contributed by atoms with Gasteiger partial charge < -0.3 is 19.8 Å². The quantitative estimate of drug-likeness (QED) is 0.0388. The zero-order valence-corrected chi connectivity index (χ0v) is 29.9. The highest BCUT2D eigenvalue weighted by Crippen LogP contribution is 2.43. The molecule has 0 aromatic heterocycles. The van der Waals surface area contributed by atoms with Crippen molar-refractivity contribution in [3.05, 3.63) is 0 Å². The molecule has 0 aliphatic rings. The van der Waals surface area contributed by atoms with Gasteiger partial charge in [-0.2, -0.15) is 0 Å². The van der Waals surface area contributed by atoms with Gasteiger partial charge in [0.1, 0.15) is 13.2 Å². The maximum Gasteiger partial charge on any atom is 0.472 e. The molecule has 8 nitrogen and oxygen atoms in total. The minimum Gasteiger partial charge on any atom is -0.391 e. The average Bonchev–Trinajstić information content (AvgIpc) is 2.94. The third kappa shape index (κ3) is 29.9. The van der Waals surface area contributed by atoms with E-state index in [0.29, 0.717) is 23.9 Å². The van der Waals surface area contributed by atoms with Gasteiger partial charge in [0, 0.05) is 6.42 Å². The molecule has 3 atom stereocenters. The topological polar surface area (TPSA) is 105 Å². The van der Waals surface area contributed by atoms with Crippen LogP contribution >= 0.6 is 7.82 Å². The average molecular weight is 636 g/mol. The Kier molecular flexibility index (Phi) is 27.5. The molecule has 9 heteroatoms. The van der Waals surface area contributed by atoms with Gasteiger partial charge in [0.25, 0.3) is 0 Å². The van der Waals surface area contributed by atoms with Crippen LogP contribution < -0.4 is 5.32 Å². The number of nitrogens with one attached hydrogen (secondary N) is 1. The first-order valence-electron chi connectivity index (χ1n) is 17.9. The lowest BCUT2D eigenvalue weighted by Crippen LogP contribution is -2.46. The van der Waals surface area contributed by atoms with Gasteiger partial charge in [-0.3, -0.25) is 13.8 Å². The predicted molar refractivity (Wildman–Crippen MR) is 180 cm³/mol. The van der Waals surface area contributed by atoms with E-state index in [-0.39, 0.29) is 19.1 Å². The zero-order chi connectivity index (χ0) is 32.2. The van der Waals surface area contributed by atoms with Crippen molar-refractivity contribution < 1.29 is 32.9 Å². The third-order valence-electron chi connectivity index (χ3n) is 8.11. The number of unbranched alkanes of at least 4 members (excludes halogenated alkanes) is 19. The van der Waals surface area contributed by atoms with Gasteiger partial charge >= 0.3 is 7.82 Å². The predicted octanol–water partition coefficient (Wildman–Crippen LogP) is 8.68. The number of likely N-dealkylation sites (N-methyl/N-ethyl adjacent to an activating group) is 1. The van der Waals surface area contributed by atoms with Crippen molar-refractivity contribution in [2.45, 2.75) is 174 Å². The molecule has 43 heavy (non-hydrogen) atoms. The van der Waals surface area contributed by atoms with Crippen molar-refractivity contribution in [3.63, 3.8) is 0 Å². The molecule has 258 valence electrons. The number of aliphatic hydroxyl groups excluding tert-OH is 1. The Balaban J connectivity index is 4.47. The van der Waals surface area contributed by atoms with Crippen LogP contribution in [-0.4, -0.2) is 73.4 Å². The van der Waals surface area contributed by atoms with Gasteiger partial charge in [-0.15, -0.1) is 0 Å². The first kappa shape index (κ1) is 42.5. The molecule has 0 radical (unpaired) electrons. The summed E-state index contributed by atoms with van der Waals surface area (Å²) in [5.74, 6) is -0.150. The molecular formula is C34H72N2O6P+. The Bertz CT molecular complexity index is 688. The van der Waals surface area contributed by atoms with Gasteiger partial charge in [0.15, 0.2) is 0 Å². The maximum absolute atomic E-state index is 12.7. The molecular weight excluding hydrogens is 563 g/mol. The van der Waals surface area contributed by atoms with E-state index in [1.807, 2.05) is 21.1 Å². The Morgan fingerprint density at radius 3 is 1.56 bits per heavy atom. The molecule has 1 unspecified atom stereocenters. The number of hydrogen-bond acceptors (Lipinski definition) is 5. The highest BCUT2D eigenvalue weighted by atomic mass is 31.2. The number of phosphoric ester groups is 1. The van der Waals surface area contributed by atoms with E-state index in [2.05, 4.69) is 19.2 Å². The van der Waals surface area contributed by atoms with Crippen LogP contribution in [0, 0.1) is 0 Å². The number of phosphoric acid groups is 1. The van der Waals surface area contributed by atoms with Crippen LogP contribution in [0.3, 0.4) is 0 Å². The fourth-order valence-electron chi connectivity index (χ4n) is 5.16. The lowest BCUT2D eigenvalue weighted by atomic mass is 10.0. The Morgan fingerprint density at radius 2 is 1.12 bits per heavy atom. The van der Waals surface area contributed by atoms with Crippen molar-refractivity contribution in [1.82, 2.24) is 5.32 Å². The minimum atomic E-state index is -4.29. The summed E-state index contributed by atoms with van der Waals surface area (Å²) in [4.78, 5) is 22.8. The summed E-state index contributed by atoms with van der Waals surface area (Å²) in [7, 11) is 1.62. The van der Waals surface area contributed by atoms with Gasteiger partial charge in [-0.05, 0) is 12.8 Å². The highest BCUT2D eigenvalue weighted by molar-refractivity contribution is 7.47. The van der Waals surface area contributed by atoms with E-state index >= 15 is 0 Å². The van der Waals surface area contributed by atoms with Crippen molar-refractivity contribution in [1.29, 1.82) is 0 Å². The van der Waals surface area contributed by atoms with Gasteiger partial charge in [-0.1, -0.05) is 142 Å². The fourth-order valence-corrected chi connectivity index (χ4v) is 5.90. The molecule has 0 saturated carbocycles. The smallest absolute Gasteiger partial charge is 0.391 e. The summed E-state index contributed by atoms with van der Waals surface area (Å²) in [5.41, 5.74) is 0. The number of amides is 1. The summed E-state index contributed by atoms with van der Waals surface area (Å²) >= 11 is 0. The Labute approximate surface area is 266 Å². The monoisotopic (exact) mass is 636 g/mol. The summed E-state index contributed by atoms with van der Waals surface area (Å²) in [6.07, 6.45) is 25.5. The fraction of sp³-hybridized carbons (Fsp3) is 0.971. The molecule has 0 aromatic carbocycles. The molecule has 1 amide bonds. The number of quaternary nitrogens is 1. The van der Waals surface area contributed by atoms with Crippen molar-refractivity contribution in [2.24, 2.45) is 0 Å². The molecule has 0 heterocycles. The maximum atomic E-state index is 12.7. The standard InChI is InChI=1S/C34H71N2O6P/c1-6-8-10-12-14-16-17-18-19-20-21-23-25-27-33(37)32(31-42-43(39,40)41-30-29-36(3,4)5)35-34(38)28-26-24-22-15-13-11-9-7-2/h32-33,37H,6-31H2,1-5H3,(H-,35,38,39,40)/p+1/t32-,33+/m0/s1. The first-order chi connectivity index (χ1) is 20.5. The normalized spacial score (nSPS) is 14.9. The first-order valence-corrected chi connectivity index (χ1v) is 19.4. The van der Waals surface area contributed by atoms with Crippen LogP contribution in [-0.2, 0) is 18.4 Å². The molecule has 0 aliphatic heterocycles. The second-order valence-corrected chi connectivity index (χ2v) is 15.1. The van der Waals surface area contributed by atoms with Crippen LogP contribution in [0.2, 0.25) is 0 Å². The van der Waals surface area contributed by atoms with E-state index in [0.717, 1.165) is 38.5 Å². The van der Waals surface area contributed by atoms with Crippen LogP contribution in [0.1, 0.15) is 162 Å². The number of nitrogens with zero attached hydrogens (tertiary/aromatic N) is 1. The van der Waals surface area contributed by atoms with Crippen molar-refractivity contribution in [2.75, 3.05) is 40.9 Å². The van der Waals surface area contributed by atoms with Crippen LogP contribution in [0.15, 0.2) is 0 Å². The van der Waals surface area contributed by atoms with E-state index in [4.69, 9.17) is 9.05 Å². The van der Waals surface area contributed by atoms with Crippen LogP contribution in [0.5, 0.6) is 0 Å². The van der Waals surface area contributed by atoms with E-state index in [1.54, 1.807) is 0 Å². The number of rotatable bonds is 32. The number of hydrogen-bond donors (Lipinski definition) is 3. The molecule has 0 bridgehead atoms. The summed E-state index contributed by atoms with van der Waals surface area (Å²) in [5, 5.41) is 13.8. The number of carbonyl (C=O) groups is 1. The third-order valence-corrected chi connectivity index (χ3v) is 9.09. The van der Waals surface area contributed by atoms with E-state index < -0.39 is 20.0 Å². The van der Waals surface area contributed by atoms with Gasteiger partial charge in [0.2, 0.25) is 5.91 Å². The molecule has 0 spiro atoms. The van der Waals surface area contributed by atoms with Gasteiger partial charge in [-0.25, -0.2) is 4.57 Å². The van der Waals surface area contributed by atoms with Crippen molar-refractivity contribution in [3.8, 4) is 0 Å². The lowest BCUT2D eigenvalue weighted by molar-refractivity contribution is -0.870. The number of aliphatic hydroxyl groups is 1. The van der Waals surface area contributed by atoms with Crippen LogP contribution in [0.25, 0.3) is 0 Å². The lowest BCUT2D eigenvalue weighted by Gasteiger charge is -2.26. The van der Waals surface area contributed by atoms with E-state index in [9.17, 15) is 19.4 Å². The Hall–Kier alpha value is -0.500. The largest absolute Gasteiger partial charge is 0.472 e. The molecule has 0 aromatic rings. The molecule has 0 aliphatic carbocycles.